The molecular weight excluding hydrogens is 263 g/mol. The fourth-order valence-corrected chi connectivity index (χ4v) is 2.45. The van der Waals surface area contributed by atoms with Crippen molar-refractivity contribution in [1.82, 2.24) is 9.55 Å². The maximum absolute atomic E-state index is 13.5. The van der Waals surface area contributed by atoms with Crippen LogP contribution >= 0.6 is 0 Å². The van der Waals surface area contributed by atoms with Gasteiger partial charge >= 0.3 is 5.97 Å². The summed E-state index contributed by atoms with van der Waals surface area (Å²) in [5.74, 6) is -1.11. The lowest BCUT2D eigenvalue weighted by Gasteiger charge is -2.30. The van der Waals surface area contributed by atoms with Crippen LogP contribution in [-0.4, -0.2) is 27.2 Å². The molecule has 0 amide bonds. The van der Waals surface area contributed by atoms with E-state index in [1.807, 2.05) is 15.7 Å². The van der Waals surface area contributed by atoms with Crippen LogP contribution in [0.5, 0.6) is 0 Å². The summed E-state index contributed by atoms with van der Waals surface area (Å²) in [5, 5.41) is 9.26. The van der Waals surface area contributed by atoms with Crippen LogP contribution in [0.1, 0.15) is 16.2 Å². The second-order valence-electron chi connectivity index (χ2n) is 4.62. The third-order valence-corrected chi connectivity index (χ3v) is 3.47. The minimum atomic E-state index is -1.23. The van der Waals surface area contributed by atoms with E-state index in [0.29, 0.717) is 25.3 Å². The van der Waals surface area contributed by atoms with E-state index in [4.69, 9.17) is 5.73 Å². The van der Waals surface area contributed by atoms with Crippen LogP contribution in [0.3, 0.4) is 0 Å². The SMILES string of the molecule is Nc1c(F)ccc(N2CCn3ccnc3C2)c1C(=O)O. The van der Waals surface area contributed by atoms with Gasteiger partial charge < -0.3 is 20.3 Å². The summed E-state index contributed by atoms with van der Waals surface area (Å²) in [6.07, 6.45) is 3.58. The summed E-state index contributed by atoms with van der Waals surface area (Å²) in [6, 6.07) is 2.64. The second kappa shape index (κ2) is 4.52. The van der Waals surface area contributed by atoms with Gasteiger partial charge in [-0.3, -0.25) is 0 Å². The molecule has 20 heavy (non-hydrogen) atoms. The molecule has 1 aromatic heterocycles. The van der Waals surface area contributed by atoms with Crippen molar-refractivity contribution in [3.63, 3.8) is 0 Å². The number of nitrogen functional groups attached to an aromatic ring is 1. The highest BCUT2D eigenvalue weighted by Gasteiger charge is 2.24. The van der Waals surface area contributed by atoms with Crippen molar-refractivity contribution in [3.8, 4) is 0 Å². The zero-order chi connectivity index (χ0) is 14.3. The lowest BCUT2D eigenvalue weighted by atomic mass is 10.1. The maximum atomic E-state index is 13.5. The van der Waals surface area contributed by atoms with E-state index in [1.165, 1.54) is 12.1 Å². The standard InChI is InChI=1S/C13H13FN4O2/c14-8-1-2-9(11(12(8)15)13(19)20)18-6-5-17-4-3-16-10(17)7-18/h1-4H,5-7,15H2,(H,19,20). The summed E-state index contributed by atoms with van der Waals surface area (Å²) in [6.45, 7) is 1.79. The first kappa shape index (κ1) is 12.5. The second-order valence-corrected chi connectivity index (χ2v) is 4.62. The van der Waals surface area contributed by atoms with Gasteiger partial charge in [0, 0.05) is 25.5 Å². The highest BCUT2D eigenvalue weighted by Crippen LogP contribution is 2.30. The number of aromatic carboxylic acids is 1. The molecule has 6 nitrogen and oxygen atoms in total. The van der Waals surface area contributed by atoms with Gasteiger partial charge in [-0.25, -0.2) is 14.2 Å². The molecule has 1 aromatic carbocycles. The highest BCUT2D eigenvalue weighted by atomic mass is 19.1. The number of imidazole rings is 1. The largest absolute Gasteiger partial charge is 0.478 e. The van der Waals surface area contributed by atoms with Crippen LogP contribution in [0.25, 0.3) is 0 Å². The van der Waals surface area contributed by atoms with Crippen LogP contribution in [-0.2, 0) is 13.1 Å². The molecule has 1 aliphatic heterocycles. The number of rotatable bonds is 2. The zero-order valence-electron chi connectivity index (χ0n) is 10.6. The average Bonchev–Trinajstić information content (AvgIpc) is 2.88. The molecule has 2 aromatic rings. The normalized spacial score (nSPS) is 14.2. The van der Waals surface area contributed by atoms with Gasteiger partial charge in [0.1, 0.15) is 17.2 Å². The Labute approximate surface area is 114 Å². The van der Waals surface area contributed by atoms with Crippen LogP contribution in [0.4, 0.5) is 15.8 Å². The monoisotopic (exact) mass is 276 g/mol. The molecule has 0 spiro atoms. The molecule has 0 saturated heterocycles. The van der Waals surface area contributed by atoms with E-state index in [2.05, 4.69) is 4.98 Å². The molecular formula is C13H13FN4O2. The van der Waals surface area contributed by atoms with E-state index < -0.39 is 11.8 Å². The molecule has 0 radical (unpaired) electrons. The van der Waals surface area contributed by atoms with Gasteiger partial charge in [-0.2, -0.15) is 0 Å². The number of aromatic nitrogens is 2. The Bertz CT molecular complexity index is 683. The number of nitrogens with zero attached hydrogens (tertiary/aromatic N) is 3. The third-order valence-electron chi connectivity index (χ3n) is 3.47. The molecule has 104 valence electrons. The first-order chi connectivity index (χ1) is 9.58. The summed E-state index contributed by atoms with van der Waals surface area (Å²) in [4.78, 5) is 17.4. The Morgan fingerprint density at radius 3 is 2.95 bits per heavy atom. The molecule has 0 saturated carbocycles. The van der Waals surface area contributed by atoms with Crippen LogP contribution in [0.15, 0.2) is 24.5 Å². The van der Waals surface area contributed by atoms with Crippen molar-refractivity contribution < 1.29 is 14.3 Å². The number of halogens is 1. The number of benzene rings is 1. The fraction of sp³-hybridized carbons (Fsp3) is 0.231. The number of carboxylic acid groups (broad SMARTS) is 1. The number of nitrogens with two attached hydrogens (primary N) is 1. The summed E-state index contributed by atoms with van der Waals surface area (Å²) >= 11 is 0. The summed E-state index contributed by atoms with van der Waals surface area (Å²) in [5.41, 5.74) is 5.46. The molecule has 0 aliphatic carbocycles. The molecule has 3 rings (SSSR count). The summed E-state index contributed by atoms with van der Waals surface area (Å²) < 4.78 is 15.5. The molecule has 7 heteroatoms. The Balaban J connectivity index is 2.03. The first-order valence-electron chi connectivity index (χ1n) is 6.14. The molecule has 3 N–H and O–H groups in total. The number of hydrogen-bond acceptors (Lipinski definition) is 4. The topological polar surface area (TPSA) is 84.4 Å². The number of carboxylic acids is 1. The van der Waals surface area contributed by atoms with Crippen molar-refractivity contribution in [2.45, 2.75) is 13.1 Å². The predicted octanol–water partition coefficient (Wildman–Crippen LogP) is 1.32. The van der Waals surface area contributed by atoms with E-state index >= 15 is 0 Å². The van der Waals surface area contributed by atoms with Crippen LogP contribution in [0.2, 0.25) is 0 Å². The Hall–Kier alpha value is -2.57. The molecule has 1 aliphatic rings. The lowest BCUT2D eigenvalue weighted by molar-refractivity contribution is 0.0698. The molecule has 0 bridgehead atoms. The molecule has 0 atom stereocenters. The predicted molar refractivity (Wildman–Crippen MR) is 71.0 cm³/mol. The fourth-order valence-electron chi connectivity index (χ4n) is 2.45. The molecule has 0 fully saturated rings. The van der Waals surface area contributed by atoms with Crippen LogP contribution < -0.4 is 10.6 Å². The van der Waals surface area contributed by atoms with Crippen molar-refractivity contribution in [3.05, 3.63) is 41.7 Å². The Morgan fingerprint density at radius 1 is 1.40 bits per heavy atom. The Kier molecular flexibility index (Phi) is 2.81. The quantitative estimate of drug-likeness (QED) is 0.808. The van der Waals surface area contributed by atoms with Crippen molar-refractivity contribution in [2.24, 2.45) is 0 Å². The van der Waals surface area contributed by atoms with Gasteiger partial charge in [-0.05, 0) is 12.1 Å². The van der Waals surface area contributed by atoms with Gasteiger partial charge in [-0.1, -0.05) is 0 Å². The van der Waals surface area contributed by atoms with Gasteiger partial charge in [0.15, 0.2) is 0 Å². The van der Waals surface area contributed by atoms with Gasteiger partial charge in [-0.15, -0.1) is 0 Å². The molecule has 2 heterocycles. The van der Waals surface area contributed by atoms with Crippen molar-refractivity contribution >= 4 is 17.3 Å². The van der Waals surface area contributed by atoms with Gasteiger partial charge in [0.05, 0.1) is 17.9 Å². The van der Waals surface area contributed by atoms with Crippen LogP contribution in [0, 0.1) is 5.82 Å². The van der Waals surface area contributed by atoms with E-state index in [-0.39, 0.29) is 11.3 Å². The minimum Gasteiger partial charge on any atom is -0.478 e. The van der Waals surface area contributed by atoms with Gasteiger partial charge in [0.2, 0.25) is 0 Å². The summed E-state index contributed by atoms with van der Waals surface area (Å²) in [7, 11) is 0. The van der Waals surface area contributed by atoms with Crippen molar-refractivity contribution in [1.29, 1.82) is 0 Å². The minimum absolute atomic E-state index is 0.190. The smallest absolute Gasteiger partial charge is 0.340 e. The Morgan fingerprint density at radius 2 is 2.20 bits per heavy atom. The van der Waals surface area contributed by atoms with E-state index in [9.17, 15) is 14.3 Å². The number of carbonyl (C=O) groups is 1. The average molecular weight is 276 g/mol. The highest BCUT2D eigenvalue weighted by molar-refractivity contribution is 6.00. The number of anilines is 2. The van der Waals surface area contributed by atoms with E-state index in [0.717, 1.165) is 5.82 Å². The van der Waals surface area contributed by atoms with E-state index in [1.54, 1.807) is 6.20 Å². The van der Waals surface area contributed by atoms with Crippen molar-refractivity contribution in [2.75, 3.05) is 17.2 Å². The molecule has 0 unspecified atom stereocenters. The number of fused-ring (bicyclic) bond motifs is 1. The number of hydrogen-bond donors (Lipinski definition) is 2. The third kappa shape index (κ3) is 1.87. The van der Waals surface area contributed by atoms with Gasteiger partial charge in [0.25, 0.3) is 0 Å². The first-order valence-corrected chi connectivity index (χ1v) is 6.14. The lowest BCUT2D eigenvalue weighted by Crippen LogP contribution is -2.34. The maximum Gasteiger partial charge on any atom is 0.340 e. The zero-order valence-corrected chi connectivity index (χ0v) is 10.6.